The maximum atomic E-state index is 12.5. The lowest BCUT2D eigenvalue weighted by Gasteiger charge is -2.03. The number of nitrogens with one attached hydrogen (secondary N) is 1. The Morgan fingerprint density at radius 2 is 1.81 bits per heavy atom. The van der Waals surface area contributed by atoms with Crippen LogP contribution in [0, 0.1) is 0 Å². The van der Waals surface area contributed by atoms with Gasteiger partial charge in [-0.05, 0) is 43.7 Å². The number of ether oxygens (including phenoxy) is 1. The molecule has 3 aromatic rings. The molecule has 0 bridgehead atoms. The average Bonchev–Trinajstić information content (AvgIpc) is 3.08. The Hall–Kier alpha value is -3.26. The van der Waals surface area contributed by atoms with Crippen molar-refractivity contribution in [3.8, 4) is 5.75 Å². The summed E-state index contributed by atoms with van der Waals surface area (Å²) in [5.74, 6) is 0.835. The predicted octanol–water partition coefficient (Wildman–Crippen LogP) is 3.66. The van der Waals surface area contributed by atoms with E-state index in [0.29, 0.717) is 28.0 Å². The number of fused-ring (bicyclic) bond motifs is 1. The summed E-state index contributed by atoms with van der Waals surface area (Å²) in [6.45, 7) is 3.50. The third-order valence-corrected chi connectivity index (χ3v) is 4.68. The minimum Gasteiger partial charge on any atom is -0.494 e. The normalized spacial score (nSPS) is 12.3. The van der Waals surface area contributed by atoms with Crippen LogP contribution in [0.5, 0.6) is 5.75 Å². The zero-order valence-electron chi connectivity index (χ0n) is 15.2. The predicted molar refractivity (Wildman–Crippen MR) is 110 cm³/mol. The molecule has 1 amide bonds. The number of rotatable bonds is 5. The highest BCUT2D eigenvalue weighted by molar-refractivity contribution is 7.22. The van der Waals surface area contributed by atoms with Crippen molar-refractivity contribution in [3.05, 3.63) is 53.6 Å². The number of anilines is 1. The number of para-hydroxylation sites is 1. The SMILES string of the molecule is COc1cccc2sc(NC(=O)c3ccc(/C(C)=N\N=C(C)N)cc3)nc12. The first-order chi connectivity index (χ1) is 13.0. The monoisotopic (exact) mass is 381 g/mol. The molecule has 2 aromatic carbocycles. The van der Waals surface area contributed by atoms with E-state index in [1.807, 2.05) is 37.3 Å². The Labute approximate surface area is 160 Å². The van der Waals surface area contributed by atoms with Gasteiger partial charge in [-0.2, -0.15) is 5.10 Å². The van der Waals surface area contributed by atoms with Crippen LogP contribution in [0.15, 0.2) is 52.7 Å². The van der Waals surface area contributed by atoms with Gasteiger partial charge in [0.1, 0.15) is 17.1 Å². The van der Waals surface area contributed by atoms with Crippen LogP contribution in [-0.4, -0.2) is 29.5 Å². The number of carbonyl (C=O) groups excluding carboxylic acids is 1. The van der Waals surface area contributed by atoms with Crippen molar-refractivity contribution in [1.82, 2.24) is 4.98 Å². The van der Waals surface area contributed by atoms with Crippen LogP contribution in [-0.2, 0) is 0 Å². The number of nitrogens with two attached hydrogens (primary N) is 1. The molecule has 27 heavy (non-hydrogen) atoms. The molecule has 0 radical (unpaired) electrons. The van der Waals surface area contributed by atoms with Crippen LogP contribution in [0.4, 0.5) is 5.13 Å². The van der Waals surface area contributed by atoms with Gasteiger partial charge in [0, 0.05) is 5.56 Å². The second-order valence-corrected chi connectivity index (χ2v) is 6.81. The summed E-state index contributed by atoms with van der Waals surface area (Å²) < 4.78 is 6.25. The lowest BCUT2D eigenvalue weighted by Crippen LogP contribution is -2.11. The smallest absolute Gasteiger partial charge is 0.257 e. The first kappa shape index (κ1) is 18.5. The number of aromatic nitrogens is 1. The minimum atomic E-state index is -0.231. The van der Waals surface area contributed by atoms with E-state index in [-0.39, 0.29) is 5.91 Å². The van der Waals surface area contributed by atoms with Gasteiger partial charge in [-0.3, -0.25) is 10.1 Å². The van der Waals surface area contributed by atoms with Gasteiger partial charge >= 0.3 is 0 Å². The number of thiazole rings is 1. The summed E-state index contributed by atoms with van der Waals surface area (Å²) in [4.78, 5) is 16.9. The molecule has 3 rings (SSSR count). The number of nitrogens with zero attached hydrogens (tertiary/aromatic N) is 3. The van der Waals surface area contributed by atoms with Gasteiger partial charge < -0.3 is 10.5 Å². The van der Waals surface area contributed by atoms with Gasteiger partial charge in [0.25, 0.3) is 5.91 Å². The molecule has 0 aliphatic heterocycles. The highest BCUT2D eigenvalue weighted by Crippen LogP contribution is 2.32. The lowest BCUT2D eigenvalue weighted by molar-refractivity contribution is 0.102. The fourth-order valence-corrected chi connectivity index (χ4v) is 3.26. The van der Waals surface area contributed by atoms with E-state index in [4.69, 9.17) is 10.5 Å². The second kappa shape index (κ2) is 7.96. The summed E-state index contributed by atoms with van der Waals surface area (Å²) >= 11 is 1.40. The molecule has 1 heterocycles. The minimum absolute atomic E-state index is 0.231. The summed E-state index contributed by atoms with van der Waals surface area (Å²) in [7, 11) is 1.60. The van der Waals surface area contributed by atoms with Crippen molar-refractivity contribution < 1.29 is 9.53 Å². The van der Waals surface area contributed by atoms with E-state index < -0.39 is 0 Å². The van der Waals surface area contributed by atoms with Crippen molar-refractivity contribution in [2.24, 2.45) is 15.9 Å². The molecule has 0 atom stereocenters. The van der Waals surface area contributed by atoms with E-state index in [0.717, 1.165) is 15.8 Å². The highest BCUT2D eigenvalue weighted by atomic mass is 32.1. The van der Waals surface area contributed by atoms with E-state index in [9.17, 15) is 4.79 Å². The van der Waals surface area contributed by atoms with Gasteiger partial charge in [0.2, 0.25) is 0 Å². The zero-order chi connectivity index (χ0) is 19.4. The topological polar surface area (TPSA) is 102 Å². The van der Waals surface area contributed by atoms with E-state index in [1.165, 1.54) is 11.3 Å². The highest BCUT2D eigenvalue weighted by Gasteiger charge is 2.12. The molecule has 7 nitrogen and oxygen atoms in total. The lowest BCUT2D eigenvalue weighted by atomic mass is 10.1. The molecule has 0 saturated heterocycles. The Morgan fingerprint density at radius 3 is 2.48 bits per heavy atom. The fraction of sp³-hybridized carbons (Fsp3) is 0.158. The Kier molecular flexibility index (Phi) is 5.46. The molecule has 1 aromatic heterocycles. The molecule has 0 fully saturated rings. The van der Waals surface area contributed by atoms with Crippen molar-refractivity contribution in [2.75, 3.05) is 12.4 Å². The maximum absolute atomic E-state index is 12.5. The number of amides is 1. The molecular formula is C19H19N5O2S. The zero-order valence-corrected chi connectivity index (χ0v) is 16.0. The molecule has 8 heteroatoms. The Morgan fingerprint density at radius 1 is 1.11 bits per heavy atom. The van der Waals surface area contributed by atoms with Crippen LogP contribution in [0.2, 0.25) is 0 Å². The number of methoxy groups -OCH3 is 1. The molecule has 0 unspecified atom stereocenters. The standard InChI is InChI=1S/C19H19N5O2S/c1-11(23-24-12(2)20)13-7-9-14(10-8-13)18(25)22-19-21-17-15(26-3)5-4-6-16(17)27-19/h4-10H,1-3H3,(H2,20,24)(H,21,22,25)/b23-11-. The molecule has 0 spiro atoms. The van der Waals surface area contributed by atoms with Gasteiger partial charge in [0.15, 0.2) is 5.13 Å². The fourth-order valence-electron chi connectivity index (χ4n) is 2.39. The van der Waals surface area contributed by atoms with Crippen LogP contribution < -0.4 is 15.8 Å². The summed E-state index contributed by atoms with van der Waals surface area (Å²) in [5, 5.41) is 11.2. The number of hydrogen-bond donors (Lipinski definition) is 2. The van der Waals surface area contributed by atoms with Crippen molar-refractivity contribution in [1.29, 1.82) is 0 Å². The molecule has 138 valence electrons. The summed E-state index contributed by atoms with van der Waals surface area (Å²) in [6, 6.07) is 12.8. The first-order valence-electron chi connectivity index (χ1n) is 8.17. The average molecular weight is 381 g/mol. The Bertz CT molecular complexity index is 1030. The van der Waals surface area contributed by atoms with Crippen LogP contribution >= 0.6 is 11.3 Å². The van der Waals surface area contributed by atoms with Gasteiger partial charge in [-0.25, -0.2) is 4.98 Å². The number of amidine groups is 1. The third kappa shape index (κ3) is 4.29. The number of carbonyl (C=O) groups is 1. The largest absolute Gasteiger partial charge is 0.494 e. The second-order valence-electron chi connectivity index (χ2n) is 5.78. The van der Waals surface area contributed by atoms with Crippen LogP contribution in [0.1, 0.15) is 29.8 Å². The molecular weight excluding hydrogens is 362 g/mol. The quantitative estimate of drug-likeness (QED) is 0.400. The maximum Gasteiger partial charge on any atom is 0.257 e. The molecule has 3 N–H and O–H groups in total. The third-order valence-electron chi connectivity index (χ3n) is 3.74. The van der Waals surface area contributed by atoms with E-state index >= 15 is 0 Å². The van der Waals surface area contributed by atoms with E-state index in [2.05, 4.69) is 20.5 Å². The molecule has 0 saturated carbocycles. The van der Waals surface area contributed by atoms with Gasteiger partial charge in [-0.15, -0.1) is 5.10 Å². The number of hydrogen-bond acceptors (Lipinski definition) is 6. The number of benzene rings is 2. The summed E-state index contributed by atoms with van der Waals surface area (Å²) in [5.41, 5.74) is 8.31. The van der Waals surface area contributed by atoms with Crippen molar-refractivity contribution in [3.63, 3.8) is 0 Å². The van der Waals surface area contributed by atoms with Gasteiger partial charge in [-0.1, -0.05) is 29.5 Å². The first-order valence-corrected chi connectivity index (χ1v) is 8.99. The van der Waals surface area contributed by atoms with Crippen LogP contribution in [0.25, 0.3) is 10.2 Å². The van der Waals surface area contributed by atoms with Gasteiger partial charge in [0.05, 0.1) is 17.5 Å². The van der Waals surface area contributed by atoms with Crippen molar-refractivity contribution >= 4 is 44.1 Å². The summed E-state index contributed by atoms with van der Waals surface area (Å²) in [6.07, 6.45) is 0. The van der Waals surface area contributed by atoms with E-state index in [1.54, 1.807) is 26.2 Å². The Balaban J connectivity index is 1.77. The molecule has 0 aliphatic carbocycles. The molecule has 0 aliphatic rings. The van der Waals surface area contributed by atoms with Crippen molar-refractivity contribution in [2.45, 2.75) is 13.8 Å². The van der Waals surface area contributed by atoms with Crippen LogP contribution in [0.3, 0.4) is 0 Å².